The molecule has 2 rings (SSSR count). The number of hydrogen-bond acceptors (Lipinski definition) is 4. The summed E-state index contributed by atoms with van der Waals surface area (Å²) in [4.78, 5) is 21.6. The Morgan fingerprint density at radius 3 is 2.29 bits per heavy atom. The quantitative estimate of drug-likeness (QED) is 0.283. The molecule has 21 heavy (non-hydrogen) atoms. The maximum Gasteiger partial charge on any atom is 0.336 e. The second-order valence-corrected chi connectivity index (χ2v) is 4.49. The molecular weight excluding hydrogens is 294 g/mol. The zero-order valence-corrected chi connectivity index (χ0v) is 11.5. The smallest absolute Gasteiger partial charge is 0.336 e. The van der Waals surface area contributed by atoms with Gasteiger partial charge in [0.05, 0.1) is 4.92 Å². The first-order valence-corrected chi connectivity index (χ1v) is 6.32. The SMILES string of the molecule is O=C(/C=C\c1ccc([N+](=O)[O-])cc1)Oc1ccc(Cl)cc1. The van der Waals surface area contributed by atoms with E-state index < -0.39 is 10.9 Å². The Balaban J connectivity index is 1.98. The van der Waals surface area contributed by atoms with Crippen LogP contribution in [0.15, 0.2) is 54.6 Å². The van der Waals surface area contributed by atoms with Crippen molar-refractivity contribution in [3.63, 3.8) is 0 Å². The molecule has 0 fully saturated rings. The Kier molecular flexibility index (Phi) is 4.68. The minimum atomic E-state index is -0.546. The summed E-state index contributed by atoms with van der Waals surface area (Å²) >= 11 is 5.72. The third-order valence-electron chi connectivity index (χ3n) is 2.55. The van der Waals surface area contributed by atoms with Crippen molar-refractivity contribution < 1.29 is 14.5 Å². The minimum absolute atomic E-state index is 0.00380. The normalized spacial score (nSPS) is 10.5. The van der Waals surface area contributed by atoms with E-state index in [4.69, 9.17) is 16.3 Å². The van der Waals surface area contributed by atoms with Gasteiger partial charge < -0.3 is 4.74 Å². The number of non-ortho nitro benzene ring substituents is 1. The summed E-state index contributed by atoms with van der Waals surface area (Å²) in [5.41, 5.74) is 0.657. The molecule has 0 bridgehead atoms. The van der Waals surface area contributed by atoms with E-state index in [-0.39, 0.29) is 5.69 Å². The highest BCUT2D eigenvalue weighted by atomic mass is 35.5. The van der Waals surface area contributed by atoms with E-state index in [2.05, 4.69) is 0 Å². The molecule has 0 unspecified atom stereocenters. The molecule has 0 radical (unpaired) electrons. The lowest BCUT2D eigenvalue weighted by atomic mass is 10.2. The van der Waals surface area contributed by atoms with Gasteiger partial charge in [-0.25, -0.2) is 4.79 Å². The highest BCUT2D eigenvalue weighted by Crippen LogP contribution is 2.16. The van der Waals surface area contributed by atoms with Gasteiger partial charge in [0, 0.05) is 23.2 Å². The fraction of sp³-hybridized carbons (Fsp3) is 0. The fourth-order valence-electron chi connectivity index (χ4n) is 1.52. The molecule has 106 valence electrons. The van der Waals surface area contributed by atoms with Gasteiger partial charge in [0.15, 0.2) is 0 Å². The van der Waals surface area contributed by atoms with Crippen molar-refractivity contribution >= 4 is 29.3 Å². The molecule has 0 aliphatic carbocycles. The van der Waals surface area contributed by atoms with Crippen LogP contribution in [-0.2, 0) is 4.79 Å². The van der Waals surface area contributed by atoms with Crippen molar-refractivity contribution in [2.24, 2.45) is 0 Å². The van der Waals surface area contributed by atoms with E-state index in [1.165, 1.54) is 24.3 Å². The van der Waals surface area contributed by atoms with Gasteiger partial charge >= 0.3 is 5.97 Å². The topological polar surface area (TPSA) is 69.4 Å². The number of nitro groups is 1. The Bertz CT molecular complexity index is 678. The second kappa shape index (κ2) is 6.67. The number of nitro benzene ring substituents is 1. The lowest BCUT2D eigenvalue weighted by molar-refractivity contribution is -0.384. The predicted octanol–water partition coefficient (Wildman–Crippen LogP) is 3.87. The lowest BCUT2D eigenvalue weighted by Gasteiger charge is -2.00. The van der Waals surface area contributed by atoms with Crippen molar-refractivity contribution in [2.75, 3.05) is 0 Å². The number of hydrogen-bond donors (Lipinski definition) is 0. The van der Waals surface area contributed by atoms with Gasteiger partial charge in [-0.2, -0.15) is 0 Å². The molecule has 0 aliphatic heterocycles. The van der Waals surface area contributed by atoms with E-state index in [0.717, 1.165) is 0 Å². The first-order chi connectivity index (χ1) is 10.0. The summed E-state index contributed by atoms with van der Waals surface area (Å²) in [5.74, 6) is -0.159. The van der Waals surface area contributed by atoms with Crippen LogP contribution in [0.25, 0.3) is 6.08 Å². The largest absolute Gasteiger partial charge is 0.423 e. The molecule has 0 amide bonds. The molecule has 0 heterocycles. The Morgan fingerprint density at radius 1 is 1.10 bits per heavy atom. The van der Waals surface area contributed by atoms with Crippen LogP contribution in [0.1, 0.15) is 5.56 Å². The Morgan fingerprint density at radius 2 is 1.71 bits per heavy atom. The van der Waals surface area contributed by atoms with Crippen LogP contribution < -0.4 is 4.74 Å². The third-order valence-corrected chi connectivity index (χ3v) is 2.80. The van der Waals surface area contributed by atoms with Gasteiger partial charge in [-0.1, -0.05) is 11.6 Å². The van der Waals surface area contributed by atoms with Crippen LogP contribution in [0.2, 0.25) is 5.02 Å². The monoisotopic (exact) mass is 303 g/mol. The van der Waals surface area contributed by atoms with Gasteiger partial charge in [-0.05, 0) is 48.0 Å². The number of nitrogens with zero attached hydrogens (tertiary/aromatic N) is 1. The number of halogens is 1. The summed E-state index contributed by atoms with van der Waals surface area (Å²) in [6, 6.07) is 12.2. The van der Waals surface area contributed by atoms with Crippen LogP contribution in [-0.4, -0.2) is 10.9 Å². The number of rotatable bonds is 4. The highest BCUT2D eigenvalue weighted by Gasteiger charge is 2.03. The van der Waals surface area contributed by atoms with Gasteiger partial charge in [-0.3, -0.25) is 10.1 Å². The molecule has 2 aromatic rings. The molecule has 0 saturated heterocycles. The molecule has 0 N–H and O–H groups in total. The van der Waals surface area contributed by atoms with Crippen molar-refractivity contribution in [1.82, 2.24) is 0 Å². The second-order valence-electron chi connectivity index (χ2n) is 4.06. The zero-order valence-electron chi connectivity index (χ0n) is 10.7. The Labute approximate surface area is 125 Å². The summed E-state index contributed by atoms with van der Waals surface area (Å²) in [6.07, 6.45) is 2.76. The van der Waals surface area contributed by atoms with Gasteiger partial charge in [0.25, 0.3) is 5.69 Å². The molecule has 0 spiro atoms. The summed E-state index contributed by atoms with van der Waals surface area (Å²) < 4.78 is 5.06. The van der Waals surface area contributed by atoms with E-state index in [9.17, 15) is 14.9 Å². The van der Waals surface area contributed by atoms with Gasteiger partial charge in [0.2, 0.25) is 0 Å². The predicted molar refractivity (Wildman–Crippen MR) is 79.2 cm³/mol. The first-order valence-electron chi connectivity index (χ1n) is 5.94. The van der Waals surface area contributed by atoms with Crippen LogP contribution >= 0.6 is 11.6 Å². The fourth-order valence-corrected chi connectivity index (χ4v) is 1.65. The number of benzene rings is 2. The molecule has 0 atom stereocenters. The Hall–Kier alpha value is -2.66. The number of ether oxygens (including phenoxy) is 1. The van der Waals surface area contributed by atoms with Crippen LogP contribution in [0.3, 0.4) is 0 Å². The molecular formula is C15H10ClNO4. The molecule has 0 aromatic heterocycles. The van der Waals surface area contributed by atoms with Crippen LogP contribution in [0.4, 0.5) is 5.69 Å². The van der Waals surface area contributed by atoms with Crippen molar-refractivity contribution in [3.05, 3.63) is 75.3 Å². The number of carbonyl (C=O) groups excluding carboxylic acids is 1. The van der Waals surface area contributed by atoms with E-state index in [1.807, 2.05) is 0 Å². The van der Waals surface area contributed by atoms with Gasteiger partial charge in [0.1, 0.15) is 5.75 Å². The summed E-state index contributed by atoms with van der Waals surface area (Å²) in [6.45, 7) is 0. The third kappa shape index (κ3) is 4.43. The molecule has 0 aliphatic rings. The van der Waals surface area contributed by atoms with Gasteiger partial charge in [-0.15, -0.1) is 0 Å². The van der Waals surface area contributed by atoms with Crippen LogP contribution in [0.5, 0.6) is 5.75 Å². The lowest BCUT2D eigenvalue weighted by Crippen LogP contribution is -2.03. The number of carbonyl (C=O) groups is 1. The standard InChI is InChI=1S/C15H10ClNO4/c16-12-4-8-14(9-5-12)21-15(18)10-3-11-1-6-13(7-2-11)17(19)20/h1-10H/b10-3-. The molecule has 2 aromatic carbocycles. The first kappa shape index (κ1) is 14.7. The average Bonchev–Trinajstić information content (AvgIpc) is 2.48. The van der Waals surface area contributed by atoms with E-state index in [1.54, 1.807) is 36.4 Å². The number of esters is 1. The van der Waals surface area contributed by atoms with E-state index in [0.29, 0.717) is 16.3 Å². The van der Waals surface area contributed by atoms with Crippen molar-refractivity contribution in [3.8, 4) is 5.75 Å². The van der Waals surface area contributed by atoms with Crippen molar-refractivity contribution in [2.45, 2.75) is 0 Å². The molecule has 0 saturated carbocycles. The zero-order chi connectivity index (χ0) is 15.2. The van der Waals surface area contributed by atoms with Crippen LogP contribution in [0, 0.1) is 10.1 Å². The maximum absolute atomic E-state index is 11.6. The average molecular weight is 304 g/mol. The molecule has 6 heteroatoms. The van der Waals surface area contributed by atoms with E-state index >= 15 is 0 Å². The van der Waals surface area contributed by atoms with Crippen molar-refractivity contribution in [1.29, 1.82) is 0 Å². The summed E-state index contributed by atoms with van der Waals surface area (Å²) in [5, 5.41) is 11.1. The minimum Gasteiger partial charge on any atom is -0.423 e. The summed E-state index contributed by atoms with van der Waals surface area (Å²) in [7, 11) is 0. The maximum atomic E-state index is 11.6. The molecule has 5 nitrogen and oxygen atoms in total. The highest BCUT2D eigenvalue weighted by molar-refractivity contribution is 6.30.